The maximum absolute atomic E-state index is 12.0. The Morgan fingerprint density at radius 3 is 2.67 bits per heavy atom. The molecule has 0 aromatic rings. The van der Waals surface area contributed by atoms with Crippen molar-refractivity contribution in [2.75, 3.05) is 7.11 Å². The molecule has 0 aromatic heterocycles. The van der Waals surface area contributed by atoms with Gasteiger partial charge in [-0.2, -0.15) is 0 Å². The highest BCUT2D eigenvalue weighted by molar-refractivity contribution is 5.86. The van der Waals surface area contributed by atoms with Gasteiger partial charge in [-0.15, -0.1) is 0 Å². The van der Waals surface area contributed by atoms with Crippen molar-refractivity contribution >= 4 is 5.97 Å². The van der Waals surface area contributed by atoms with E-state index < -0.39 is 0 Å². The molecular formula is C12H14O3. The number of carbonyl (C=O) groups excluding carboxylic acids is 1. The number of hydrogen-bond donors (Lipinski definition) is 1. The molecule has 9 atom stereocenters. The summed E-state index contributed by atoms with van der Waals surface area (Å²) in [5.74, 6) is 4.32. The van der Waals surface area contributed by atoms with Gasteiger partial charge < -0.3 is 9.84 Å². The number of esters is 1. The summed E-state index contributed by atoms with van der Waals surface area (Å²) in [4.78, 5) is 12.0. The van der Waals surface area contributed by atoms with E-state index in [1.54, 1.807) is 0 Å². The number of aliphatic hydroxyl groups excluding tert-OH is 1. The first-order valence-electron chi connectivity index (χ1n) is 6.01. The highest BCUT2D eigenvalue weighted by Crippen LogP contribution is 2.97. The Labute approximate surface area is 87.8 Å². The van der Waals surface area contributed by atoms with Crippen LogP contribution in [0.2, 0.25) is 0 Å². The van der Waals surface area contributed by atoms with Crippen LogP contribution in [0.4, 0.5) is 0 Å². The maximum atomic E-state index is 12.0. The van der Waals surface area contributed by atoms with Gasteiger partial charge in [-0.1, -0.05) is 0 Å². The Hall–Kier alpha value is -0.570. The number of fused-ring (bicyclic) bond motifs is 1. The fourth-order valence-corrected chi connectivity index (χ4v) is 6.43. The van der Waals surface area contributed by atoms with E-state index in [2.05, 4.69) is 0 Å². The third-order valence-electron chi connectivity index (χ3n) is 6.38. The van der Waals surface area contributed by atoms with E-state index in [0.29, 0.717) is 35.5 Å². The quantitative estimate of drug-likeness (QED) is 0.627. The molecule has 15 heavy (non-hydrogen) atoms. The van der Waals surface area contributed by atoms with Gasteiger partial charge in [-0.05, 0) is 47.8 Å². The molecule has 1 N–H and O–H groups in total. The fraction of sp³-hybridized carbons (Fsp3) is 0.917. The van der Waals surface area contributed by atoms with Crippen LogP contribution in [-0.2, 0) is 9.53 Å². The van der Waals surface area contributed by atoms with E-state index >= 15 is 0 Å². The number of ether oxygens (including phenoxy) is 1. The van der Waals surface area contributed by atoms with Crippen molar-refractivity contribution in [2.45, 2.75) is 12.5 Å². The molecule has 3 nitrogen and oxygen atoms in total. The number of methoxy groups -OCH3 is 1. The minimum absolute atomic E-state index is 0.0362. The minimum atomic E-state index is -0.114. The van der Waals surface area contributed by atoms with Crippen molar-refractivity contribution < 1.29 is 14.6 Å². The summed E-state index contributed by atoms with van der Waals surface area (Å²) >= 11 is 0. The lowest BCUT2D eigenvalue weighted by atomic mass is 9.69. The van der Waals surface area contributed by atoms with Gasteiger partial charge in [-0.3, -0.25) is 4.79 Å². The molecule has 6 aliphatic carbocycles. The number of rotatable bonds is 1. The molecule has 0 amide bonds. The average molecular weight is 206 g/mol. The fourth-order valence-electron chi connectivity index (χ4n) is 6.43. The van der Waals surface area contributed by atoms with Gasteiger partial charge in [0, 0.05) is 0 Å². The minimum Gasteiger partial charge on any atom is -0.469 e. The Morgan fingerprint density at radius 1 is 1.27 bits per heavy atom. The van der Waals surface area contributed by atoms with Crippen molar-refractivity contribution in [3.8, 4) is 0 Å². The molecule has 0 radical (unpaired) electrons. The largest absolute Gasteiger partial charge is 0.469 e. The zero-order valence-corrected chi connectivity index (χ0v) is 8.59. The molecule has 6 fully saturated rings. The van der Waals surface area contributed by atoms with Crippen LogP contribution in [0.1, 0.15) is 6.42 Å². The topological polar surface area (TPSA) is 46.5 Å². The average Bonchev–Trinajstić information content (AvgIpc) is 3.06. The number of carbonyl (C=O) groups is 1. The van der Waals surface area contributed by atoms with Crippen molar-refractivity contribution in [2.24, 2.45) is 46.8 Å². The highest BCUT2D eigenvalue weighted by Gasteiger charge is 2.99. The van der Waals surface area contributed by atoms with E-state index in [0.717, 1.165) is 12.3 Å². The van der Waals surface area contributed by atoms with E-state index in [1.807, 2.05) is 0 Å². The molecule has 0 saturated heterocycles. The molecule has 80 valence electrons. The molecule has 0 heterocycles. The lowest BCUT2D eigenvalue weighted by molar-refractivity contribution is -0.148. The molecule has 6 aliphatic rings. The van der Waals surface area contributed by atoms with E-state index in [9.17, 15) is 9.90 Å². The molecule has 0 unspecified atom stereocenters. The third-order valence-corrected chi connectivity index (χ3v) is 6.38. The Kier molecular flexibility index (Phi) is 0.894. The van der Waals surface area contributed by atoms with Crippen molar-refractivity contribution in [3.63, 3.8) is 0 Å². The van der Waals surface area contributed by atoms with Gasteiger partial charge in [0.15, 0.2) is 0 Å². The van der Waals surface area contributed by atoms with Gasteiger partial charge in [0.25, 0.3) is 0 Å². The summed E-state index contributed by atoms with van der Waals surface area (Å²) in [5, 5.41) is 10.0. The Morgan fingerprint density at radius 2 is 2.07 bits per heavy atom. The van der Waals surface area contributed by atoms with E-state index in [4.69, 9.17) is 4.74 Å². The van der Waals surface area contributed by atoms with Crippen molar-refractivity contribution in [3.05, 3.63) is 0 Å². The van der Waals surface area contributed by atoms with Gasteiger partial charge >= 0.3 is 5.97 Å². The monoisotopic (exact) mass is 206 g/mol. The summed E-state index contributed by atoms with van der Waals surface area (Å²) in [6.07, 6.45) is 0.846. The van der Waals surface area contributed by atoms with Gasteiger partial charge in [-0.25, -0.2) is 0 Å². The first-order valence-corrected chi connectivity index (χ1v) is 6.01. The van der Waals surface area contributed by atoms with E-state index in [1.165, 1.54) is 7.11 Å². The number of aliphatic hydroxyl groups is 1. The smallest absolute Gasteiger partial charge is 0.312 e. The van der Waals surface area contributed by atoms with Crippen LogP contribution in [0.5, 0.6) is 0 Å². The van der Waals surface area contributed by atoms with Crippen molar-refractivity contribution in [1.29, 1.82) is 0 Å². The van der Waals surface area contributed by atoms with E-state index in [-0.39, 0.29) is 17.5 Å². The van der Waals surface area contributed by atoms with Gasteiger partial charge in [0.2, 0.25) is 0 Å². The second-order valence-corrected chi connectivity index (χ2v) is 6.20. The zero-order chi connectivity index (χ0) is 10.1. The Balaban J connectivity index is 1.69. The standard InChI is InChI=1S/C12H14O3/c1-15-11(14)12-8-3-2-4(13)6(10(8)12)7-5(3)9(7)12/h3-10,13H,2H2,1H3/t3-,4+,5+,6+,7+,8-,9-,10+,12-/m0/s1. The molecule has 3 heteroatoms. The van der Waals surface area contributed by atoms with Gasteiger partial charge in [0.05, 0.1) is 18.6 Å². The predicted octanol–water partition coefficient (Wildman–Crippen LogP) is 0.278. The van der Waals surface area contributed by atoms with Crippen LogP contribution >= 0.6 is 0 Å². The molecule has 0 aromatic carbocycles. The van der Waals surface area contributed by atoms with Crippen LogP contribution in [0.3, 0.4) is 0 Å². The highest BCUT2D eigenvalue weighted by atomic mass is 16.5. The summed E-state index contributed by atoms with van der Waals surface area (Å²) in [6.45, 7) is 0. The second kappa shape index (κ2) is 1.75. The van der Waals surface area contributed by atoms with Gasteiger partial charge in [0.1, 0.15) is 0 Å². The Bertz CT molecular complexity index is 402. The van der Waals surface area contributed by atoms with Crippen LogP contribution in [0.25, 0.3) is 0 Å². The summed E-state index contributed by atoms with van der Waals surface area (Å²) in [6, 6.07) is 0. The maximum Gasteiger partial charge on any atom is 0.312 e. The summed E-state index contributed by atoms with van der Waals surface area (Å²) < 4.78 is 5.01. The molecule has 0 aliphatic heterocycles. The third kappa shape index (κ3) is 0.465. The van der Waals surface area contributed by atoms with Crippen LogP contribution < -0.4 is 0 Å². The summed E-state index contributed by atoms with van der Waals surface area (Å²) in [7, 11) is 1.51. The SMILES string of the molecule is COC(=O)[C@@]12[C@@H]3[C@@H]4[C@H]3[C@@H]3C[C@@H](O)[C@H]4[C@@H]1[C@H]32. The van der Waals surface area contributed by atoms with Crippen molar-refractivity contribution in [1.82, 2.24) is 0 Å². The second-order valence-electron chi connectivity index (χ2n) is 6.20. The first-order chi connectivity index (χ1) is 7.24. The lowest BCUT2D eigenvalue weighted by Crippen LogP contribution is -2.39. The van der Waals surface area contributed by atoms with Crippen LogP contribution in [-0.4, -0.2) is 24.3 Å². The zero-order valence-electron chi connectivity index (χ0n) is 8.59. The van der Waals surface area contributed by atoms with Crippen LogP contribution in [0, 0.1) is 46.8 Å². The molecule has 0 spiro atoms. The number of hydrogen-bond acceptors (Lipinski definition) is 3. The normalized spacial score (nSPS) is 74.3. The molecule has 2 bridgehead atoms. The molecular weight excluding hydrogens is 192 g/mol. The lowest BCUT2D eigenvalue weighted by Gasteiger charge is -2.38. The molecule has 6 saturated carbocycles. The first kappa shape index (κ1) is 7.66. The van der Waals surface area contributed by atoms with Crippen LogP contribution in [0.15, 0.2) is 0 Å². The summed E-state index contributed by atoms with van der Waals surface area (Å²) in [5.41, 5.74) is -0.100. The molecule has 6 rings (SSSR count). The predicted molar refractivity (Wildman–Crippen MR) is 49.5 cm³/mol.